The van der Waals surface area contributed by atoms with E-state index in [9.17, 15) is 14.9 Å². The Morgan fingerprint density at radius 3 is 2.58 bits per heavy atom. The van der Waals surface area contributed by atoms with Gasteiger partial charge < -0.3 is 4.90 Å². The molecule has 3 aliphatic rings. The fourth-order valence-corrected chi connectivity index (χ4v) is 4.26. The number of benzene rings is 2. The minimum Gasteiger partial charge on any atom is -0.305 e. The maximum Gasteiger partial charge on any atom is 0.332 e. The van der Waals surface area contributed by atoms with E-state index in [1.54, 1.807) is 17.0 Å². The summed E-state index contributed by atoms with van der Waals surface area (Å²) in [6.07, 6.45) is 4.92. The predicted octanol–water partition coefficient (Wildman–Crippen LogP) is 2.81. The zero-order valence-electron chi connectivity index (χ0n) is 12.7. The molecule has 2 fully saturated rings. The first-order valence-electron chi connectivity index (χ1n) is 7.97. The molecule has 0 spiro atoms. The summed E-state index contributed by atoms with van der Waals surface area (Å²) in [5, 5.41) is 10.8. The number of nitrogens with zero attached hydrogens (tertiary/aromatic N) is 3. The van der Waals surface area contributed by atoms with E-state index in [-0.39, 0.29) is 29.9 Å². The molecule has 0 aromatic heterocycles. The number of carbonyl (C=O) groups is 2. The van der Waals surface area contributed by atoms with E-state index in [0.29, 0.717) is 11.3 Å². The highest BCUT2D eigenvalue weighted by atomic mass is 16.2. The Morgan fingerprint density at radius 2 is 1.83 bits per heavy atom. The average Bonchev–Trinajstić information content (AvgIpc) is 3.28. The van der Waals surface area contributed by atoms with Crippen LogP contribution in [0.1, 0.15) is 12.0 Å². The number of nitriles is 1. The predicted molar refractivity (Wildman–Crippen MR) is 88.2 cm³/mol. The molecule has 2 aliphatic heterocycles. The molecular weight excluding hydrogens is 302 g/mol. The number of rotatable bonds is 1. The Hall–Kier alpha value is -3.13. The molecule has 2 aromatic rings. The second kappa shape index (κ2) is 4.45. The highest BCUT2D eigenvalue weighted by Crippen LogP contribution is 2.44. The van der Waals surface area contributed by atoms with Crippen LogP contribution in [0.3, 0.4) is 0 Å². The Morgan fingerprint density at radius 1 is 1.04 bits per heavy atom. The molecule has 24 heavy (non-hydrogen) atoms. The van der Waals surface area contributed by atoms with E-state index < -0.39 is 0 Å². The van der Waals surface area contributed by atoms with Crippen LogP contribution in [0.5, 0.6) is 0 Å². The van der Waals surface area contributed by atoms with Crippen molar-refractivity contribution in [2.75, 3.05) is 4.90 Å². The Kier molecular flexibility index (Phi) is 2.47. The lowest BCUT2D eigenvalue weighted by molar-refractivity contribution is -0.119. The lowest BCUT2D eigenvalue weighted by Crippen LogP contribution is -2.38. The SMILES string of the molecule is N#Cc1ccc(N2C(=O)C3C4C=CC(C4)N3C2=O)c2ccccc12. The van der Waals surface area contributed by atoms with Gasteiger partial charge in [0.25, 0.3) is 5.91 Å². The smallest absolute Gasteiger partial charge is 0.305 e. The molecule has 5 heteroatoms. The third-order valence-corrected chi connectivity index (χ3v) is 5.30. The second-order valence-corrected chi connectivity index (χ2v) is 6.45. The maximum absolute atomic E-state index is 13.0. The molecule has 116 valence electrons. The topological polar surface area (TPSA) is 64.4 Å². The fourth-order valence-electron chi connectivity index (χ4n) is 4.26. The number of hydrogen-bond acceptors (Lipinski definition) is 3. The molecule has 2 bridgehead atoms. The van der Waals surface area contributed by atoms with Crippen LogP contribution >= 0.6 is 0 Å². The van der Waals surface area contributed by atoms with Gasteiger partial charge in [0.05, 0.1) is 23.4 Å². The molecule has 1 aliphatic carbocycles. The molecule has 0 saturated carbocycles. The molecule has 2 saturated heterocycles. The summed E-state index contributed by atoms with van der Waals surface area (Å²) < 4.78 is 0. The molecule has 3 atom stereocenters. The van der Waals surface area contributed by atoms with Gasteiger partial charge in [-0.1, -0.05) is 36.4 Å². The molecule has 3 unspecified atom stereocenters. The lowest BCUT2D eigenvalue weighted by Gasteiger charge is -2.22. The summed E-state index contributed by atoms with van der Waals surface area (Å²) in [7, 11) is 0. The Labute approximate surface area is 138 Å². The number of amides is 3. The van der Waals surface area contributed by atoms with E-state index in [2.05, 4.69) is 12.1 Å². The largest absolute Gasteiger partial charge is 0.332 e. The van der Waals surface area contributed by atoms with Gasteiger partial charge in [0.2, 0.25) is 0 Å². The number of imide groups is 1. The number of urea groups is 1. The molecule has 0 radical (unpaired) electrons. The van der Waals surface area contributed by atoms with Crippen LogP contribution in [0, 0.1) is 17.2 Å². The Bertz CT molecular complexity index is 958. The molecule has 0 N–H and O–H groups in total. The second-order valence-electron chi connectivity index (χ2n) is 6.45. The summed E-state index contributed by atoms with van der Waals surface area (Å²) >= 11 is 0. The van der Waals surface area contributed by atoms with Crippen molar-refractivity contribution < 1.29 is 9.59 Å². The van der Waals surface area contributed by atoms with Crippen molar-refractivity contribution in [2.24, 2.45) is 5.92 Å². The van der Waals surface area contributed by atoms with Crippen LogP contribution in [0.4, 0.5) is 10.5 Å². The first kappa shape index (κ1) is 13.3. The van der Waals surface area contributed by atoms with Gasteiger partial charge >= 0.3 is 6.03 Å². The number of hydrogen-bond donors (Lipinski definition) is 0. The zero-order valence-corrected chi connectivity index (χ0v) is 12.7. The maximum atomic E-state index is 13.0. The molecule has 2 heterocycles. The summed E-state index contributed by atoms with van der Waals surface area (Å²) in [4.78, 5) is 28.9. The molecule has 3 amide bonds. The first-order valence-corrected chi connectivity index (χ1v) is 7.97. The van der Waals surface area contributed by atoms with Gasteiger partial charge in [-0.25, -0.2) is 9.69 Å². The van der Waals surface area contributed by atoms with Crippen molar-refractivity contribution in [1.82, 2.24) is 4.90 Å². The van der Waals surface area contributed by atoms with E-state index in [1.165, 1.54) is 4.90 Å². The number of anilines is 1. The fraction of sp³-hybridized carbons (Fsp3) is 0.211. The normalized spacial score (nSPS) is 27.2. The van der Waals surface area contributed by atoms with Crippen molar-refractivity contribution in [3.63, 3.8) is 0 Å². The van der Waals surface area contributed by atoms with Gasteiger partial charge in [-0.05, 0) is 18.6 Å². The van der Waals surface area contributed by atoms with E-state index >= 15 is 0 Å². The van der Waals surface area contributed by atoms with Crippen LogP contribution in [0.2, 0.25) is 0 Å². The van der Waals surface area contributed by atoms with Crippen molar-refractivity contribution in [3.8, 4) is 6.07 Å². The van der Waals surface area contributed by atoms with Gasteiger partial charge in [-0.15, -0.1) is 0 Å². The molecule has 5 nitrogen and oxygen atoms in total. The third-order valence-electron chi connectivity index (χ3n) is 5.30. The number of carbonyl (C=O) groups excluding carboxylic acids is 2. The highest BCUT2D eigenvalue weighted by molar-refractivity contribution is 6.25. The lowest BCUT2D eigenvalue weighted by atomic mass is 10.0. The zero-order chi connectivity index (χ0) is 16.4. The number of fused-ring (bicyclic) bond motifs is 6. The van der Waals surface area contributed by atoms with Gasteiger partial charge in [-0.2, -0.15) is 5.26 Å². The van der Waals surface area contributed by atoms with Gasteiger partial charge in [-0.3, -0.25) is 4.79 Å². The Balaban J connectivity index is 1.69. The molecule has 5 rings (SSSR count). The molecule has 2 aromatic carbocycles. The highest BCUT2D eigenvalue weighted by Gasteiger charge is 2.57. The summed E-state index contributed by atoms with van der Waals surface area (Å²) in [5.74, 6) is -0.0344. The quantitative estimate of drug-likeness (QED) is 0.600. The molecular formula is C19H13N3O2. The summed E-state index contributed by atoms with van der Waals surface area (Å²) in [6.45, 7) is 0. The minimum atomic E-state index is -0.373. The van der Waals surface area contributed by atoms with Crippen molar-refractivity contribution in [2.45, 2.75) is 18.5 Å². The van der Waals surface area contributed by atoms with Crippen molar-refractivity contribution in [3.05, 3.63) is 54.1 Å². The van der Waals surface area contributed by atoms with Crippen LogP contribution in [0.25, 0.3) is 10.8 Å². The van der Waals surface area contributed by atoms with Crippen LogP contribution in [-0.2, 0) is 4.79 Å². The minimum absolute atomic E-state index is 0.0334. The van der Waals surface area contributed by atoms with Gasteiger partial charge in [0.15, 0.2) is 0 Å². The monoisotopic (exact) mass is 315 g/mol. The van der Waals surface area contributed by atoms with Crippen molar-refractivity contribution in [1.29, 1.82) is 5.26 Å². The first-order chi connectivity index (χ1) is 11.7. The van der Waals surface area contributed by atoms with Gasteiger partial charge in [0, 0.05) is 16.7 Å². The summed E-state index contributed by atoms with van der Waals surface area (Å²) in [6, 6.07) is 12.3. The van der Waals surface area contributed by atoms with Gasteiger partial charge in [0.1, 0.15) is 6.04 Å². The van der Waals surface area contributed by atoms with E-state index in [0.717, 1.165) is 17.2 Å². The average molecular weight is 315 g/mol. The third kappa shape index (κ3) is 1.48. The van der Waals surface area contributed by atoms with E-state index in [4.69, 9.17) is 0 Å². The van der Waals surface area contributed by atoms with Crippen LogP contribution in [-0.4, -0.2) is 28.9 Å². The van der Waals surface area contributed by atoms with Crippen LogP contribution in [0.15, 0.2) is 48.6 Å². The van der Waals surface area contributed by atoms with Crippen LogP contribution < -0.4 is 4.90 Å². The van der Waals surface area contributed by atoms with E-state index in [1.807, 2.05) is 30.3 Å². The summed E-state index contributed by atoms with van der Waals surface area (Å²) in [5.41, 5.74) is 1.10. The standard InChI is InChI=1S/C19H13N3O2/c20-10-12-6-8-16(15-4-2-1-3-14(12)15)22-18(23)17-11-5-7-13(9-11)21(17)19(22)24/h1-8,11,13,17H,9H2. The van der Waals surface area contributed by atoms with Crippen molar-refractivity contribution >= 4 is 28.4 Å².